The zero-order chi connectivity index (χ0) is 11.5. The zero-order valence-electron chi connectivity index (χ0n) is 9.55. The predicted molar refractivity (Wildman–Crippen MR) is 67.8 cm³/mol. The summed E-state index contributed by atoms with van der Waals surface area (Å²) in [4.78, 5) is 2.50. The molecule has 1 fully saturated rings. The molecular weight excluding hydrogens is 269 g/mol. The topological polar surface area (TPSA) is 3.24 Å². The number of benzene rings is 1. The molecule has 0 saturated heterocycles. The molecule has 0 spiro atoms. The molecule has 3 heteroatoms. The molecule has 1 aromatic rings. The van der Waals surface area contributed by atoms with Crippen LogP contribution in [0.25, 0.3) is 0 Å². The molecule has 0 unspecified atom stereocenters. The van der Waals surface area contributed by atoms with Crippen LogP contribution in [-0.2, 0) is 6.54 Å². The second-order valence-electron chi connectivity index (χ2n) is 4.45. The molecule has 88 valence electrons. The second-order valence-corrected chi connectivity index (χ2v) is 5.30. The zero-order valence-corrected chi connectivity index (χ0v) is 11.1. The first kappa shape index (κ1) is 12.1. The summed E-state index contributed by atoms with van der Waals surface area (Å²) in [6.07, 6.45) is 3.82. The minimum Gasteiger partial charge on any atom is -0.296 e. The van der Waals surface area contributed by atoms with E-state index in [1.165, 1.54) is 30.9 Å². The highest BCUT2D eigenvalue weighted by Gasteiger charge is 2.28. The van der Waals surface area contributed by atoms with Crippen molar-refractivity contribution in [1.29, 1.82) is 0 Å². The summed E-state index contributed by atoms with van der Waals surface area (Å²) in [5.74, 6) is -0.183. The standard InChI is InChI=1S/C13H17BrFN/c1-2-7-16(11-4-5-11)9-10-3-6-13(15)12(14)8-10/h3,6,8,11H,2,4-5,7,9H2,1H3. The van der Waals surface area contributed by atoms with Crippen molar-refractivity contribution in [1.82, 2.24) is 4.90 Å². The summed E-state index contributed by atoms with van der Waals surface area (Å²) in [6.45, 7) is 4.28. The molecule has 1 aliphatic rings. The molecule has 1 saturated carbocycles. The third kappa shape index (κ3) is 3.05. The second kappa shape index (κ2) is 5.28. The molecule has 0 aromatic heterocycles. The van der Waals surface area contributed by atoms with E-state index in [2.05, 4.69) is 27.8 Å². The molecule has 0 N–H and O–H groups in total. The van der Waals surface area contributed by atoms with Gasteiger partial charge in [0, 0.05) is 12.6 Å². The lowest BCUT2D eigenvalue weighted by Crippen LogP contribution is -2.26. The molecule has 2 rings (SSSR count). The molecule has 1 nitrogen and oxygen atoms in total. The molecule has 0 atom stereocenters. The SMILES string of the molecule is CCCN(Cc1ccc(F)c(Br)c1)C1CC1. The van der Waals surface area contributed by atoms with Gasteiger partial charge in [-0.3, -0.25) is 4.90 Å². The van der Waals surface area contributed by atoms with Crippen LogP contribution >= 0.6 is 15.9 Å². The first-order valence-electron chi connectivity index (χ1n) is 5.88. The molecule has 0 aliphatic heterocycles. The largest absolute Gasteiger partial charge is 0.296 e. The van der Waals surface area contributed by atoms with Gasteiger partial charge in [-0.25, -0.2) is 4.39 Å². The fourth-order valence-electron chi connectivity index (χ4n) is 1.99. The van der Waals surface area contributed by atoms with E-state index in [4.69, 9.17) is 0 Å². The maximum Gasteiger partial charge on any atom is 0.137 e. The summed E-state index contributed by atoms with van der Waals surface area (Å²) in [5.41, 5.74) is 1.19. The van der Waals surface area contributed by atoms with E-state index in [9.17, 15) is 4.39 Å². The Morgan fingerprint density at radius 2 is 2.19 bits per heavy atom. The summed E-state index contributed by atoms with van der Waals surface area (Å²) < 4.78 is 13.7. The highest BCUT2D eigenvalue weighted by atomic mass is 79.9. The summed E-state index contributed by atoms with van der Waals surface area (Å²) >= 11 is 3.23. The van der Waals surface area contributed by atoms with E-state index in [1.807, 2.05) is 12.1 Å². The maximum atomic E-state index is 13.1. The van der Waals surface area contributed by atoms with E-state index >= 15 is 0 Å². The van der Waals surface area contributed by atoms with Crippen molar-refractivity contribution in [2.75, 3.05) is 6.54 Å². The third-order valence-corrected chi connectivity index (χ3v) is 3.55. The molecule has 0 bridgehead atoms. The van der Waals surface area contributed by atoms with Crippen LogP contribution in [-0.4, -0.2) is 17.5 Å². The highest BCUT2D eigenvalue weighted by Crippen LogP contribution is 2.29. The van der Waals surface area contributed by atoms with Gasteiger partial charge in [0.2, 0.25) is 0 Å². The molecular formula is C13H17BrFN. The number of nitrogens with zero attached hydrogens (tertiary/aromatic N) is 1. The summed E-state index contributed by atoms with van der Waals surface area (Å²) in [6, 6.07) is 6.07. The highest BCUT2D eigenvalue weighted by molar-refractivity contribution is 9.10. The Labute approximate surface area is 105 Å². The molecule has 16 heavy (non-hydrogen) atoms. The average Bonchev–Trinajstić information content (AvgIpc) is 3.06. The quantitative estimate of drug-likeness (QED) is 0.792. The number of hydrogen-bond donors (Lipinski definition) is 0. The van der Waals surface area contributed by atoms with Crippen molar-refractivity contribution >= 4 is 15.9 Å². The van der Waals surface area contributed by atoms with E-state index in [0.717, 1.165) is 19.1 Å². The van der Waals surface area contributed by atoms with Crippen molar-refractivity contribution in [2.45, 2.75) is 38.8 Å². The Morgan fingerprint density at radius 1 is 1.44 bits per heavy atom. The van der Waals surface area contributed by atoms with Crippen molar-refractivity contribution in [3.63, 3.8) is 0 Å². The molecule has 0 heterocycles. The Balaban J connectivity index is 2.03. The number of rotatable bonds is 5. The van der Waals surface area contributed by atoms with Gasteiger partial charge in [-0.15, -0.1) is 0 Å². The summed E-state index contributed by atoms with van der Waals surface area (Å²) in [7, 11) is 0. The van der Waals surface area contributed by atoms with E-state index in [-0.39, 0.29) is 5.82 Å². The number of hydrogen-bond acceptors (Lipinski definition) is 1. The summed E-state index contributed by atoms with van der Waals surface area (Å²) in [5, 5.41) is 0. The van der Waals surface area contributed by atoms with Gasteiger partial charge in [0.05, 0.1) is 4.47 Å². The van der Waals surface area contributed by atoms with Gasteiger partial charge >= 0.3 is 0 Å². The minimum atomic E-state index is -0.183. The predicted octanol–water partition coefficient (Wildman–Crippen LogP) is 3.96. The van der Waals surface area contributed by atoms with Crippen LogP contribution in [0.5, 0.6) is 0 Å². The smallest absolute Gasteiger partial charge is 0.137 e. The van der Waals surface area contributed by atoms with E-state index < -0.39 is 0 Å². The van der Waals surface area contributed by atoms with Crippen LogP contribution in [0.2, 0.25) is 0 Å². The molecule has 1 aliphatic carbocycles. The third-order valence-electron chi connectivity index (χ3n) is 2.94. The van der Waals surface area contributed by atoms with Gasteiger partial charge in [-0.1, -0.05) is 13.0 Å². The van der Waals surface area contributed by atoms with Gasteiger partial charge in [0.1, 0.15) is 5.82 Å². The van der Waals surface area contributed by atoms with Crippen LogP contribution in [0.15, 0.2) is 22.7 Å². The van der Waals surface area contributed by atoms with Crippen molar-refractivity contribution in [2.24, 2.45) is 0 Å². The Bertz CT molecular complexity index is 363. The lowest BCUT2D eigenvalue weighted by Gasteiger charge is -2.21. The maximum absolute atomic E-state index is 13.1. The molecule has 0 amide bonds. The van der Waals surface area contributed by atoms with Crippen LogP contribution in [0, 0.1) is 5.82 Å². The van der Waals surface area contributed by atoms with Gasteiger partial charge < -0.3 is 0 Å². The van der Waals surface area contributed by atoms with Gasteiger partial charge in [0.25, 0.3) is 0 Å². The van der Waals surface area contributed by atoms with Crippen LogP contribution < -0.4 is 0 Å². The molecule has 1 aromatic carbocycles. The first-order chi connectivity index (χ1) is 7.70. The van der Waals surface area contributed by atoms with Gasteiger partial charge in [0.15, 0.2) is 0 Å². The van der Waals surface area contributed by atoms with Crippen LogP contribution in [0.1, 0.15) is 31.7 Å². The Kier molecular flexibility index (Phi) is 3.98. The Morgan fingerprint density at radius 3 is 2.75 bits per heavy atom. The van der Waals surface area contributed by atoms with Gasteiger partial charge in [-0.05, 0) is 59.4 Å². The fraction of sp³-hybridized carbons (Fsp3) is 0.538. The minimum absolute atomic E-state index is 0.183. The van der Waals surface area contributed by atoms with E-state index in [1.54, 1.807) is 0 Å². The lowest BCUT2D eigenvalue weighted by atomic mass is 10.2. The normalized spacial score (nSPS) is 15.8. The van der Waals surface area contributed by atoms with Crippen LogP contribution in [0.3, 0.4) is 0 Å². The monoisotopic (exact) mass is 285 g/mol. The number of halogens is 2. The molecule has 0 radical (unpaired) electrons. The fourth-order valence-corrected chi connectivity index (χ4v) is 2.42. The lowest BCUT2D eigenvalue weighted by molar-refractivity contribution is 0.255. The van der Waals surface area contributed by atoms with Crippen molar-refractivity contribution in [3.8, 4) is 0 Å². The van der Waals surface area contributed by atoms with Crippen molar-refractivity contribution in [3.05, 3.63) is 34.1 Å². The van der Waals surface area contributed by atoms with Gasteiger partial charge in [-0.2, -0.15) is 0 Å². The first-order valence-corrected chi connectivity index (χ1v) is 6.68. The van der Waals surface area contributed by atoms with Crippen molar-refractivity contribution < 1.29 is 4.39 Å². The Hall–Kier alpha value is -0.410. The van der Waals surface area contributed by atoms with E-state index in [0.29, 0.717) is 4.47 Å². The average molecular weight is 286 g/mol. The van der Waals surface area contributed by atoms with Crippen LogP contribution in [0.4, 0.5) is 4.39 Å².